The van der Waals surface area contributed by atoms with Gasteiger partial charge in [-0.2, -0.15) is 4.98 Å². The van der Waals surface area contributed by atoms with E-state index in [0.29, 0.717) is 28.7 Å². The molecule has 4 aromatic rings. The zero-order chi connectivity index (χ0) is 23.4. The zero-order valence-corrected chi connectivity index (χ0v) is 19.9. The maximum Gasteiger partial charge on any atom is 0.332 e. The SMILES string of the molecule is Cc1ccccc1Cn1c(=O)c2c(nc3n2C[C@@H](C)CN3c2cccc(Cl)c2C)n(C)c1=O. The predicted octanol–water partition coefficient (Wildman–Crippen LogP) is 4.00. The Morgan fingerprint density at radius 3 is 2.58 bits per heavy atom. The molecule has 7 nitrogen and oxygen atoms in total. The lowest BCUT2D eigenvalue weighted by molar-refractivity contribution is 0.457. The van der Waals surface area contributed by atoms with E-state index in [1.807, 2.05) is 60.9 Å². The number of fused-ring (bicyclic) bond motifs is 3. The molecule has 0 spiro atoms. The van der Waals surface area contributed by atoms with Crippen LogP contribution in [0.5, 0.6) is 0 Å². The molecule has 0 unspecified atom stereocenters. The van der Waals surface area contributed by atoms with E-state index in [1.54, 1.807) is 7.05 Å². The van der Waals surface area contributed by atoms with Crippen molar-refractivity contribution in [3.63, 3.8) is 0 Å². The first kappa shape index (κ1) is 21.5. The number of hydrogen-bond acceptors (Lipinski definition) is 4. The second kappa shape index (κ2) is 7.92. The van der Waals surface area contributed by atoms with Crippen molar-refractivity contribution in [2.24, 2.45) is 13.0 Å². The summed E-state index contributed by atoms with van der Waals surface area (Å²) in [4.78, 5) is 33.8. The van der Waals surface area contributed by atoms with E-state index >= 15 is 0 Å². The second-order valence-electron chi connectivity index (χ2n) is 8.95. The highest BCUT2D eigenvalue weighted by Crippen LogP contribution is 2.36. The lowest BCUT2D eigenvalue weighted by Crippen LogP contribution is -2.40. The van der Waals surface area contributed by atoms with Gasteiger partial charge in [0.2, 0.25) is 5.95 Å². The van der Waals surface area contributed by atoms with Crippen molar-refractivity contribution < 1.29 is 0 Å². The van der Waals surface area contributed by atoms with Crippen LogP contribution >= 0.6 is 11.6 Å². The molecule has 0 radical (unpaired) electrons. The number of aryl methyl sites for hydroxylation is 2. The van der Waals surface area contributed by atoms with Gasteiger partial charge in [-0.05, 0) is 48.6 Å². The Hall–Kier alpha value is -3.32. The molecule has 8 heteroatoms. The molecular weight excluding hydrogens is 438 g/mol. The Morgan fingerprint density at radius 1 is 1.06 bits per heavy atom. The van der Waals surface area contributed by atoms with Gasteiger partial charge in [-0.3, -0.25) is 13.9 Å². The van der Waals surface area contributed by atoms with Gasteiger partial charge < -0.3 is 9.47 Å². The van der Waals surface area contributed by atoms with Crippen molar-refractivity contribution in [1.29, 1.82) is 0 Å². The number of anilines is 2. The number of hydrogen-bond donors (Lipinski definition) is 0. The third-order valence-corrected chi connectivity index (χ3v) is 6.97. The van der Waals surface area contributed by atoms with Crippen molar-refractivity contribution >= 4 is 34.4 Å². The fourth-order valence-corrected chi connectivity index (χ4v) is 4.86. The number of rotatable bonds is 3. The van der Waals surface area contributed by atoms with Crippen molar-refractivity contribution in [3.05, 3.63) is 85.0 Å². The van der Waals surface area contributed by atoms with E-state index in [4.69, 9.17) is 16.6 Å². The molecule has 0 bridgehead atoms. The number of benzene rings is 2. The molecule has 3 heterocycles. The maximum absolute atomic E-state index is 13.7. The zero-order valence-electron chi connectivity index (χ0n) is 19.2. The topological polar surface area (TPSA) is 65.1 Å². The van der Waals surface area contributed by atoms with Crippen molar-refractivity contribution in [2.45, 2.75) is 33.9 Å². The minimum absolute atomic E-state index is 0.224. The van der Waals surface area contributed by atoms with E-state index in [0.717, 1.165) is 28.9 Å². The molecule has 1 atom stereocenters. The van der Waals surface area contributed by atoms with E-state index in [2.05, 4.69) is 11.8 Å². The Kier molecular flexibility index (Phi) is 5.16. The average molecular weight is 464 g/mol. The average Bonchev–Trinajstić information content (AvgIpc) is 3.17. The first-order valence-corrected chi connectivity index (χ1v) is 11.4. The third-order valence-electron chi connectivity index (χ3n) is 6.56. The van der Waals surface area contributed by atoms with Crippen molar-refractivity contribution in [3.8, 4) is 0 Å². The summed E-state index contributed by atoms with van der Waals surface area (Å²) >= 11 is 6.40. The summed E-state index contributed by atoms with van der Waals surface area (Å²) in [6.07, 6.45) is 0. The monoisotopic (exact) mass is 463 g/mol. The van der Waals surface area contributed by atoms with Crippen LogP contribution in [0.4, 0.5) is 11.6 Å². The highest BCUT2D eigenvalue weighted by Gasteiger charge is 2.30. The van der Waals surface area contributed by atoms with Gasteiger partial charge in [-0.1, -0.05) is 48.9 Å². The number of aromatic nitrogens is 4. The molecule has 2 aromatic heterocycles. The van der Waals surface area contributed by atoms with Crippen LogP contribution in [-0.2, 0) is 20.1 Å². The number of nitrogens with zero attached hydrogens (tertiary/aromatic N) is 5. The molecule has 1 aliphatic rings. The Balaban J connectivity index is 1.75. The smallest absolute Gasteiger partial charge is 0.311 e. The molecular formula is C25H26ClN5O2. The second-order valence-corrected chi connectivity index (χ2v) is 9.36. The molecule has 5 rings (SSSR count). The molecule has 0 saturated carbocycles. The van der Waals surface area contributed by atoms with E-state index in [1.165, 1.54) is 9.13 Å². The molecule has 33 heavy (non-hydrogen) atoms. The third kappa shape index (κ3) is 3.38. The molecule has 1 aliphatic heterocycles. The highest BCUT2D eigenvalue weighted by atomic mass is 35.5. The van der Waals surface area contributed by atoms with Gasteiger partial charge in [0.25, 0.3) is 5.56 Å². The maximum atomic E-state index is 13.7. The Labute approximate surface area is 196 Å². The van der Waals surface area contributed by atoms with Crippen LogP contribution < -0.4 is 16.1 Å². The summed E-state index contributed by atoms with van der Waals surface area (Å²) in [6.45, 7) is 7.73. The predicted molar refractivity (Wildman–Crippen MR) is 132 cm³/mol. The van der Waals surface area contributed by atoms with Crippen LogP contribution in [-0.4, -0.2) is 25.2 Å². The van der Waals surface area contributed by atoms with Crippen LogP contribution in [0.25, 0.3) is 11.2 Å². The normalized spacial score (nSPS) is 15.8. The lowest BCUT2D eigenvalue weighted by atomic mass is 10.1. The van der Waals surface area contributed by atoms with Gasteiger partial charge >= 0.3 is 5.69 Å². The van der Waals surface area contributed by atoms with Gasteiger partial charge in [0.05, 0.1) is 6.54 Å². The standard InChI is InChI=1S/C25H26ClN5O2/c1-15-12-29(20-11-7-10-19(26)17(20)3)24-27-22-21(30(24)13-15)23(32)31(25(33)28(22)4)14-18-9-6-5-8-16(18)2/h5-11,15H,12-14H2,1-4H3/t15-/m0/s1. The lowest BCUT2D eigenvalue weighted by Gasteiger charge is -2.34. The van der Waals surface area contributed by atoms with E-state index < -0.39 is 0 Å². The molecule has 0 fully saturated rings. The molecule has 0 amide bonds. The van der Waals surface area contributed by atoms with Gasteiger partial charge in [-0.25, -0.2) is 4.79 Å². The van der Waals surface area contributed by atoms with Gasteiger partial charge in [0.15, 0.2) is 11.2 Å². The van der Waals surface area contributed by atoms with Crippen molar-refractivity contribution in [2.75, 3.05) is 11.4 Å². The quantitative estimate of drug-likeness (QED) is 0.460. The minimum Gasteiger partial charge on any atom is -0.311 e. The van der Waals surface area contributed by atoms with Gasteiger partial charge in [0.1, 0.15) is 0 Å². The van der Waals surface area contributed by atoms with Gasteiger partial charge in [-0.15, -0.1) is 0 Å². The minimum atomic E-state index is -0.371. The summed E-state index contributed by atoms with van der Waals surface area (Å²) in [5.41, 5.74) is 4.07. The summed E-state index contributed by atoms with van der Waals surface area (Å²) in [7, 11) is 1.68. The Bertz CT molecular complexity index is 1510. The van der Waals surface area contributed by atoms with E-state index in [9.17, 15) is 9.59 Å². The van der Waals surface area contributed by atoms with Crippen LogP contribution in [0.1, 0.15) is 23.6 Å². The summed E-state index contributed by atoms with van der Waals surface area (Å²) in [5, 5.41) is 0.682. The molecule has 0 aliphatic carbocycles. The largest absolute Gasteiger partial charge is 0.332 e. The van der Waals surface area contributed by atoms with Crippen LogP contribution in [0.2, 0.25) is 5.02 Å². The van der Waals surface area contributed by atoms with E-state index in [-0.39, 0.29) is 23.7 Å². The van der Waals surface area contributed by atoms with Gasteiger partial charge in [0, 0.05) is 30.8 Å². The summed E-state index contributed by atoms with van der Waals surface area (Å²) in [5.74, 6) is 0.934. The summed E-state index contributed by atoms with van der Waals surface area (Å²) in [6, 6.07) is 13.6. The molecule has 170 valence electrons. The highest BCUT2D eigenvalue weighted by molar-refractivity contribution is 6.31. The Morgan fingerprint density at radius 2 is 1.82 bits per heavy atom. The fourth-order valence-electron chi connectivity index (χ4n) is 4.69. The fraction of sp³-hybridized carbons (Fsp3) is 0.320. The van der Waals surface area contributed by atoms with Crippen molar-refractivity contribution in [1.82, 2.24) is 18.7 Å². The number of halogens is 1. The van der Waals surface area contributed by atoms with Crippen LogP contribution in [0.3, 0.4) is 0 Å². The molecule has 0 saturated heterocycles. The molecule has 0 N–H and O–H groups in total. The molecule has 2 aromatic carbocycles. The first-order chi connectivity index (χ1) is 15.8. The van der Waals surface area contributed by atoms with Crippen LogP contribution in [0, 0.1) is 19.8 Å². The van der Waals surface area contributed by atoms with Crippen LogP contribution in [0.15, 0.2) is 52.1 Å². The summed E-state index contributed by atoms with van der Waals surface area (Å²) < 4.78 is 4.75. The number of imidazole rings is 1. The first-order valence-electron chi connectivity index (χ1n) is 11.0.